The summed E-state index contributed by atoms with van der Waals surface area (Å²) in [6, 6.07) is 30.2. The Morgan fingerprint density at radius 3 is 2.50 bits per heavy atom. The van der Waals surface area contributed by atoms with Gasteiger partial charge in [0.25, 0.3) is 0 Å². The van der Waals surface area contributed by atoms with E-state index in [1.807, 2.05) is 24.4 Å². The first-order valence-corrected chi connectivity index (χ1v) is 14.0. The van der Waals surface area contributed by atoms with Gasteiger partial charge in [0, 0.05) is 17.8 Å². The summed E-state index contributed by atoms with van der Waals surface area (Å²) in [4.78, 5) is 4.73. The lowest BCUT2D eigenvalue weighted by Gasteiger charge is -2.37. The number of hydrogen-bond donors (Lipinski definition) is 1. The van der Waals surface area contributed by atoms with Crippen LogP contribution >= 0.6 is 15.9 Å². The SMILES string of the molecule is Cc1ccc(COc2ccc(C=Nc3ccc([C@@H]4Nc5ccc(C)cc5[C@@H]5C=CC[C@@H]54)cc3)cc2Br)cc1. The van der Waals surface area contributed by atoms with E-state index >= 15 is 0 Å². The lowest BCUT2D eigenvalue weighted by molar-refractivity contribution is 0.304. The molecule has 6 rings (SSSR count). The van der Waals surface area contributed by atoms with Gasteiger partial charge in [0.15, 0.2) is 0 Å². The highest BCUT2D eigenvalue weighted by atomic mass is 79.9. The van der Waals surface area contributed by atoms with E-state index in [2.05, 4.69) is 114 Å². The van der Waals surface area contributed by atoms with Crippen LogP contribution in [-0.2, 0) is 6.61 Å². The van der Waals surface area contributed by atoms with E-state index in [9.17, 15) is 0 Å². The smallest absolute Gasteiger partial charge is 0.134 e. The third-order valence-corrected chi connectivity index (χ3v) is 8.22. The topological polar surface area (TPSA) is 33.6 Å². The van der Waals surface area contributed by atoms with Crippen molar-refractivity contribution in [3.05, 3.63) is 135 Å². The molecule has 3 atom stereocenters. The van der Waals surface area contributed by atoms with Crippen LogP contribution in [0.4, 0.5) is 11.4 Å². The van der Waals surface area contributed by atoms with Gasteiger partial charge in [-0.25, -0.2) is 0 Å². The Morgan fingerprint density at radius 1 is 0.921 bits per heavy atom. The molecule has 4 aromatic carbocycles. The maximum absolute atomic E-state index is 6.01. The fourth-order valence-electron chi connectivity index (χ4n) is 5.52. The van der Waals surface area contributed by atoms with E-state index in [-0.39, 0.29) is 0 Å². The number of halogens is 1. The second kappa shape index (κ2) is 10.6. The van der Waals surface area contributed by atoms with Crippen LogP contribution in [0.3, 0.4) is 0 Å². The van der Waals surface area contributed by atoms with Crippen LogP contribution in [0.15, 0.2) is 107 Å². The lowest BCUT2D eigenvalue weighted by atomic mass is 9.76. The van der Waals surface area contributed by atoms with Crippen LogP contribution in [0.25, 0.3) is 0 Å². The van der Waals surface area contributed by atoms with Crippen LogP contribution in [0.5, 0.6) is 5.75 Å². The van der Waals surface area contributed by atoms with Gasteiger partial charge in [-0.15, -0.1) is 0 Å². The van der Waals surface area contributed by atoms with Gasteiger partial charge >= 0.3 is 0 Å². The average molecular weight is 564 g/mol. The number of allylic oxidation sites excluding steroid dienone is 2. The molecule has 0 spiro atoms. The molecular formula is C34H31BrN2O. The summed E-state index contributed by atoms with van der Waals surface area (Å²) in [6.45, 7) is 4.80. The normalized spacial score (nSPS) is 19.7. The van der Waals surface area contributed by atoms with Crippen molar-refractivity contribution < 1.29 is 4.74 Å². The van der Waals surface area contributed by atoms with E-state index < -0.39 is 0 Å². The monoisotopic (exact) mass is 562 g/mol. The zero-order chi connectivity index (χ0) is 26.1. The van der Waals surface area contributed by atoms with Crippen LogP contribution < -0.4 is 10.1 Å². The van der Waals surface area contributed by atoms with Gasteiger partial charge in [-0.1, -0.05) is 71.8 Å². The molecule has 0 fully saturated rings. The van der Waals surface area contributed by atoms with Crippen molar-refractivity contribution in [3.63, 3.8) is 0 Å². The van der Waals surface area contributed by atoms with Crippen molar-refractivity contribution in [2.45, 2.75) is 38.8 Å². The molecule has 3 nitrogen and oxygen atoms in total. The molecule has 190 valence electrons. The van der Waals surface area contributed by atoms with Gasteiger partial charge in [-0.2, -0.15) is 0 Å². The molecule has 1 N–H and O–H groups in total. The summed E-state index contributed by atoms with van der Waals surface area (Å²) in [5.74, 6) is 1.85. The number of fused-ring (bicyclic) bond motifs is 3. The second-order valence-electron chi connectivity index (χ2n) is 10.4. The summed E-state index contributed by atoms with van der Waals surface area (Å²) in [5, 5.41) is 3.83. The van der Waals surface area contributed by atoms with Crippen LogP contribution in [0, 0.1) is 19.8 Å². The van der Waals surface area contributed by atoms with Crippen molar-refractivity contribution in [2.24, 2.45) is 10.9 Å². The van der Waals surface area contributed by atoms with Crippen molar-refractivity contribution in [2.75, 3.05) is 5.32 Å². The molecule has 0 saturated carbocycles. The van der Waals surface area contributed by atoms with Crippen molar-refractivity contribution in [3.8, 4) is 5.75 Å². The summed E-state index contributed by atoms with van der Waals surface area (Å²) >= 11 is 3.65. The predicted molar refractivity (Wildman–Crippen MR) is 161 cm³/mol. The molecule has 1 heterocycles. The van der Waals surface area contributed by atoms with E-state index in [0.29, 0.717) is 24.5 Å². The summed E-state index contributed by atoms with van der Waals surface area (Å²) in [6.07, 6.45) is 7.75. The van der Waals surface area contributed by atoms with Crippen LogP contribution in [0.1, 0.15) is 51.8 Å². The minimum atomic E-state index is 0.298. The highest BCUT2D eigenvalue weighted by Crippen LogP contribution is 2.50. The third kappa shape index (κ3) is 5.19. The number of aliphatic imine (C=N–C) groups is 1. The molecule has 0 amide bonds. The van der Waals surface area contributed by atoms with Crippen LogP contribution in [-0.4, -0.2) is 6.21 Å². The predicted octanol–water partition coefficient (Wildman–Crippen LogP) is 9.22. The summed E-state index contributed by atoms with van der Waals surface area (Å²) in [7, 11) is 0. The Hall–Kier alpha value is -3.63. The maximum atomic E-state index is 6.01. The third-order valence-electron chi connectivity index (χ3n) is 7.60. The summed E-state index contributed by atoms with van der Waals surface area (Å²) < 4.78 is 6.93. The Labute approximate surface area is 233 Å². The van der Waals surface area contributed by atoms with Gasteiger partial charge in [-0.05, 0) is 101 Å². The van der Waals surface area contributed by atoms with Gasteiger partial charge in [0.2, 0.25) is 0 Å². The minimum Gasteiger partial charge on any atom is -0.488 e. The Morgan fingerprint density at radius 2 is 1.71 bits per heavy atom. The number of aryl methyl sites for hydroxylation is 2. The number of nitrogens with zero attached hydrogens (tertiary/aromatic N) is 1. The molecular weight excluding hydrogens is 532 g/mol. The fourth-order valence-corrected chi connectivity index (χ4v) is 6.03. The van der Waals surface area contributed by atoms with Crippen molar-refractivity contribution >= 4 is 33.5 Å². The Balaban J connectivity index is 1.12. The number of ether oxygens (including phenoxy) is 1. The van der Waals surface area contributed by atoms with E-state index in [1.54, 1.807) is 0 Å². The molecule has 38 heavy (non-hydrogen) atoms. The molecule has 0 aromatic heterocycles. The molecule has 4 heteroatoms. The first-order chi connectivity index (χ1) is 18.5. The summed E-state index contributed by atoms with van der Waals surface area (Å²) in [5.41, 5.74) is 9.68. The highest BCUT2D eigenvalue weighted by molar-refractivity contribution is 9.10. The molecule has 0 bridgehead atoms. The lowest BCUT2D eigenvalue weighted by Crippen LogP contribution is -2.29. The zero-order valence-electron chi connectivity index (χ0n) is 21.7. The molecule has 4 aromatic rings. The van der Waals surface area contributed by atoms with Crippen molar-refractivity contribution in [1.82, 2.24) is 0 Å². The molecule has 1 aliphatic carbocycles. The van der Waals surface area contributed by atoms with Gasteiger partial charge in [-0.3, -0.25) is 4.99 Å². The number of nitrogens with one attached hydrogen (secondary N) is 1. The molecule has 0 saturated heterocycles. The minimum absolute atomic E-state index is 0.298. The number of anilines is 1. The molecule has 0 unspecified atom stereocenters. The van der Waals surface area contributed by atoms with Gasteiger partial charge in [0.1, 0.15) is 12.4 Å². The number of benzene rings is 4. The second-order valence-corrected chi connectivity index (χ2v) is 11.2. The van der Waals surface area contributed by atoms with E-state index in [4.69, 9.17) is 9.73 Å². The standard InChI is InChI=1S/C34H31BrN2O/c1-22-6-9-24(10-7-22)21-38-33-17-11-25(19-31(33)35)20-36-27-14-12-26(13-15-27)34-29-5-3-4-28(29)30-18-23(2)8-16-32(30)37-34/h3-4,6-20,28-29,34,37H,5,21H2,1-2H3/t28-,29+,34+/m1/s1. The Kier molecular flexibility index (Phi) is 6.90. The molecule has 1 aliphatic heterocycles. The first kappa shape index (κ1) is 24.7. The highest BCUT2D eigenvalue weighted by Gasteiger charge is 2.37. The number of rotatable bonds is 6. The largest absolute Gasteiger partial charge is 0.488 e. The average Bonchev–Trinajstić information content (AvgIpc) is 3.43. The van der Waals surface area contributed by atoms with Crippen LogP contribution in [0.2, 0.25) is 0 Å². The molecule has 0 radical (unpaired) electrons. The zero-order valence-corrected chi connectivity index (χ0v) is 23.3. The first-order valence-electron chi connectivity index (χ1n) is 13.2. The fraction of sp³-hybridized carbons (Fsp3) is 0.206. The van der Waals surface area contributed by atoms with E-state index in [1.165, 1.54) is 27.9 Å². The van der Waals surface area contributed by atoms with Gasteiger partial charge in [0.05, 0.1) is 16.2 Å². The Bertz CT molecular complexity index is 1510. The molecule has 2 aliphatic rings. The quantitative estimate of drug-likeness (QED) is 0.187. The van der Waals surface area contributed by atoms with Gasteiger partial charge < -0.3 is 10.1 Å². The van der Waals surface area contributed by atoms with E-state index in [0.717, 1.165) is 33.5 Å². The van der Waals surface area contributed by atoms with Crippen molar-refractivity contribution in [1.29, 1.82) is 0 Å². The maximum Gasteiger partial charge on any atom is 0.134 e. The number of hydrogen-bond acceptors (Lipinski definition) is 3.